The molecule has 2 saturated heterocycles. The van der Waals surface area contributed by atoms with Crippen LogP contribution in [0.4, 0.5) is 10.1 Å². The molecule has 0 radical (unpaired) electrons. The van der Waals surface area contributed by atoms with Crippen molar-refractivity contribution in [1.82, 2.24) is 15.5 Å². The van der Waals surface area contributed by atoms with Crippen molar-refractivity contribution in [2.45, 2.75) is 6.42 Å². The first-order valence-corrected chi connectivity index (χ1v) is 8.40. The van der Waals surface area contributed by atoms with Crippen molar-refractivity contribution in [1.29, 1.82) is 0 Å². The van der Waals surface area contributed by atoms with E-state index in [0.29, 0.717) is 26.1 Å². The van der Waals surface area contributed by atoms with Crippen molar-refractivity contribution in [3.63, 3.8) is 0 Å². The summed E-state index contributed by atoms with van der Waals surface area (Å²) >= 11 is 0. The molecular weight excluding hydrogens is 311 g/mol. The number of nitrogens with one attached hydrogen (secondary N) is 2. The fraction of sp³-hybridized carbons (Fsp3) is 0.529. The minimum atomic E-state index is -0.243. The summed E-state index contributed by atoms with van der Waals surface area (Å²) in [5.74, 6) is -0.0879. The first-order chi connectivity index (χ1) is 11.6. The molecule has 2 N–H and O–H groups in total. The van der Waals surface area contributed by atoms with E-state index in [1.54, 1.807) is 12.1 Å². The van der Waals surface area contributed by atoms with Crippen LogP contribution in [0, 0.1) is 11.7 Å². The van der Waals surface area contributed by atoms with E-state index in [0.717, 1.165) is 31.9 Å². The Morgan fingerprint density at radius 2 is 1.79 bits per heavy atom. The van der Waals surface area contributed by atoms with Gasteiger partial charge < -0.3 is 20.4 Å². The Morgan fingerprint density at radius 1 is 1.12 bits per heavy atom. The molecule has 24 heavy (non-hydrogen) atoms. The molecule has 1 aromatic carbocycles. The number of benzene rings is 1. The summed E-state index contributed by atoms with van der Waals surface area (Å²) in [6.07, 6.45) is 0.336. The van der Waals surface area contributed by atoms with E-state index in [4.69, 9.17) is 0 Å². The number of carbonyl (C=O) groups excluding carboxylic acids is 2. The maximum absolute atomic E-state index is 13.0. The summed E-state index contributed by atoms with van der Waals surface area (Å²) in [6.45, 7) is 4.62. The lowest BCUT2D eigenvalue weighted by Gasteiger charge is -2.36. The van der Waals surface area contributed by atoms with E-state index in [9.17, 15) is 14.0 Å². The van der Waals surface area contributed by atoms with Crippen molar-refractivity contribution in [3.05, 3.63) is 30.1 Å². The third-order valence-electron chi connectivity index (χ3n) is 4.61. The molecule has 6 nitrogen and oxygen atoms in total. The normalized spacial score (nSPS) is 18.2. The van der Waals surface area contributed by atoms with E-state index in [2.05, 4.69) is 15.5 Å². The Bertz CT molecular complexity index is 581. The number of hydrogen-bond acceptors (Lipinski definition) is 4. The molecule has 130 valence electrons. The van der Waals surface area contributed by atoms with Crippen molar-refractivity contribution in [3.8, 4) is 0 Å². The van der Waals surface area contributed by atoms with E-state index >= 15 is 0 Å². The molecule has 0 atom stereocenters. The molecule has 2 fully saturated rings. The number of nitrogens with zero attached hydrogens (tertiary/aromatic N) is 2. The molecular formula is C17H23FN4O2. The molecule has 0 bridgehead atoms. The Hall–Kier alpha value is -2.15. The van der Waals surface area contributed by atoms with Gasteiger partial charge in [-0.05, 0) is 24.3 Å². The summed E-state index contributed by atoms with van der Waals surface area (Å²) in [5, 5.41) is 5.87. The van der Waals surface area contributed by atoms with Gasteiger partial charge in [0.05, 0.1) is 5.92 Å². The number of piperazine rings is 1. The van der Waals surface area contributed by atoms with Crippen molar-refractivity contribution >= 4 is 17.5 Å². The predicted molar refractivity (Wildman–Crippen MR) is 89.2 cm³/mol. The first-order valence-electron chi connectivity index (χ1n) is 8.40. The van der Waals surface area contributed by atoms with Crippen LogP contribution in [0.15, 0.2) is 24.3 Å². The third-order valence-corrected chi connectivity index (χ3v) is 4.61. The van der Waals surface area contributed by atoms with Crippen molar-refractivity contribution < 1.29 is 14.0 Å². The summed E-state index contributed by atoms with van der Waals surface area (Å²) in [6, 6.07) is 6.43. The summed E-state index contributed by atoms with van der Waals surface area (Å²) in [7, 11) is 0. The molecule has 7 heteroatoms. The molecule has 2 amide bonds. The number of anilines is 1. The number of carbonyl (C=O) groups is 2. The monoisotopic (exact) mass is 334 g/mol. The number of amides is 2. The lowest BCUT2D eigenvalue weighted by molar-refractivity contribution is -0.131. The van der Waals surface area contributed by atoms with Crippen LogP contribution in [0.2, 0.25) is 0 Å². The Morgan fingerprint density at radius 3 is 2.38 bits per heavy atom. The third kappa shape index (κ3) is 4.03. The molecule has 0 aliphatic carbocycles. The second-order valence-corrected chi connectivity index (χ2v) is 6.24. The molecule has 3 rings (SSSR count). The SMILES string of the molecule is O=C(NCCC(=O)N1CCN(c2ccc(F)cc2)CC1)C1CNC1. The Kier molecular flexibility index (Phi) is 5.30. The van der Waals surface area contributed by atoms with E-state index in [1.807, 2.05) is 4.90 Å². The lowest BCUT2D eigenvalue weighted by atomic mass is 10.0. The zero-order chi connectivity index (χ0) is 16.9. The molecule has 0 spiro atoms. The van der Waals surface area contributed by atoms with Crippen LogP contribution >= 0.6 is 0 Å². The van der Waals surface area contributed by atoms with Gasteiger partial charge in [-0.25, -0.2) is 4.39 Å². The van der Waals surface area contributed by atoms with Gasteiger partial charge >= 0.3 is 0 Å². The average Bonchev–Trinajstić information content (AvgIpc) is 2.54. The second kappa shape index (κ2) is 7.61. The minimum absolute atomic E-state index is 0.0303. The molecule has 0 saturated carbocycles. The largest absolute Gasteiger partial charge is 0.368 e. The van der Waals surface area contributed by atoms with Crippen molar-refractivity contribution in [2.24, 2.45) is 5.92 Å². The maximum atomic E-state index is 13.0. The number of rotatable bonds is 5. The van der Waals surface area contributed by atoms with Gasteiger partial charge in [0.25, 0.3) is 0 Å². The van der Waals surface area contributed by atoms with Crippen LogP contribution in [0.5, 0.6) is 0 Å². The van der Waals surface area contributed by atoms with Gasteiger partial charge in [-0.3, -0.25) is 9.59 Å². The van der Waals surface area contributed by atoms with Gasteiger partial charge in [0.1, 0.15) is 5.82 Å². The van der Waals surface area contributed by atoms with Crippen LogP contribution in [0.3, 0.4) is 0 Å². The fourth-order valence-electron chi connectivity index (χ4n) is 2.94. The van der Waals surface area contributed by atoms with E-state index in [-0.39, 0.29) is 23.5 Å². The number of halogens is 1. The van der Waals surface area contributed by atoms with E-state index in [1.165, 1.54) is 12.1 Å². The second-order valence-electron chi connectivity index (χ2n) is 6.24. The molecule has 2 aliphatic heterocycles. The van der Waals surface area contributed by atoms with Gasteiger partial charge in [0.2, 0.25) is 11.8 Å². The smallest absolute Gasteiger partial charge is 0.225 e. The van der Waals surface area contributed by atoms with Gasteiger partial charge in [-0.1, -0.05) is 0 Å². The summed E-state index contributed by atoms with van der Waals surface area (Å²) in [5.41, 5.74) is 0.977. The summed E-state index contributed by atoms with van der Waals surface area (Å²) < 4.78 is 13.0. The summed E-state index contributed by atoms with van der Waals surface area (Å²) in [4.78, 5) is 27.9. The van der Waals surface area contributed by atoms with Crippen LogP contribution < -0.4 is 15.5 Å². The maximum Gasteiger partial charge on any atom is 0.225 e. The quantitative estimate of drug-likeness (QED) is 0.807. The van der Waals surface area contributed by atoms with Gasteiger partial charge in [-0.15, -0.1) is 0 Å². The first kappa shape index (κ1) is 16.7. The minimum Gasteiger partial charge on any atom is -0.368 e. The molecule has 1 aromatic rings. The van der Waals surface area contributed by atoms with Gasteiger partial charge in [-0.2, -0.15) is 0 Å². The molecule has 2 aliphatic rings. The highest BCUT2D eigenvalue weighted by molar-refractivity contribution is 5.81. The van der Waals surface area contributed by atoms with E-state index < -0.39 is 0 Å². The number of hydrogen-bond donors (Lipinski definition) is 2. The topological polar surface area (TPSA) is 64.7 Å². The highest BCUT2D eigenvalue weighted by atomic mass is 19.1. The standard InChI is InChI=1S/C17H23FN4O2/c18-14-1-3-15(4-2-14)21-7-9-22(10-8-21)16(23)5-6-20-17(24)13-11-19-12-13/h1-4,13,19H,5-12H2,(H,20,24). The van der Waals surface area contributed by atoms with Crippen LogP contribution in [0.1, 0.15) is 6.42 Å². The Balaban J connectivity index is 1.38. The fourth-order valence-corrected chi connectivity index (χ4v) is 2.94. The van der Waals surface area contributed by atoms with Crippen LogP contribution in [-0.4, -0.2) is 62.5 Å². The average molecular weight is 334 g/mol. The van der Waals surface area contributed by atoms with Gasteiger partial charge in [0, 0.05) is 57.9 Å². The zero-order valence-electron chi connectivity index (χ0n) is 13.6. The predicted octanol–water partition coefficient (Wildman–Crippen LogP) is 0.200. The Labute approximate surface area is 141 Å². The molecule has 0 unspecified atom stereocenters. The zero-order valence-corrected chi connectivity index (χ0v) is 13.6. The van der Waals surface area contributed by atoms with Crippen LogP contribution in [0.25, 0.3) is 0 Å². The molecule has 2 heterocycles. The van der Waals surface area contributed by atoms with Crippen molar-refractivity contribution in [2.75, 3.05) is 50.7 Å². The highest BCUT2D eigenvalue weighted by Gasteiger charge is 2.25. The van der Waals surface area contributed by atoms with Crippen LogP contribution in [-0.2, 0) is 9.59 Å². The molecule has 0 aromatic heterocycles. The highest BCUT2D eigenvalue weighted by Crippen LogP contribution is 2.17. The lowest BCUT2D eigenvalue weighted by Crippen LogP contribution is -2.52. The van der Waals surface area contributed by atoms with Gasteiger partial charge in [0.15, 0.2) is 0 Å².